The van der Waals surface area contributed by atoms with Crippen molar-refractivity contribution in [2.45, 2.75) is 26.2 Å². The molecule has 0 spiro atoms. The van der Waals surface area contributed by atoms with Crippen LogP contribution in [0.3, 0.4) is 0 Å². The zero-order valence-corrected chi connectivity index (χ0v) is 8.72. The molecule has 0 bridgehead atoms. The van der Waals surface area contributed by atoms with Crippen molar-refractivity contribution in [1.29, 1.82) is 0 Å². The standard InChI is InChI=1S/C13H13FO/c1-9-5-6-11(14)8-13(9)10-3-2-4-12(15)7-10/h5-8H,2-4H2,1H3. The molecule has 0 N–H and O–H groups in total. The lowest BCUT2D eigenvalue weighted by Gasteiger charge is -2.14. The first-order valence-electron chi connectivity index (χ1n) is 5.17. The number of carbonyl (C=O) groups excluding carboxylic acids is 1. The Bertz CT molecular complexity index is 432. The number of hydrogen-bond donors (Lipinski definition) is 0. The third-order valence-electron chi connectivity index (χ3n) is 2.75. The molecule has 0 saturated heterocycles. The van der Waals surface area contributed by atoms with Crippen LogP contribution >= 0.6 is 0 Å². The topological polar surface area (TPSA) is 17.1 Å². The summed E-state index contributed by atoms with van der Waals surface area (Å²) in [7, 11) is 0. The zero-order chi connectivity index (χ0) is 10.8. The molecule has 15 heavy (non-hydrogen) atoms. The fourth-order valence-electron chi connectivity index (χ4n) is 1.94. The molecule has 0 atom stereocenters. The lowest BCUT2D eigenvalue weighted by atomic mass is 9.90. The van der Waals surface area contributed by atoms with Gasteiger partial charge in [-0.2, -0.15) is 0 Å². The fourth-order valence-corrected chi connectivity index (χ4v) is 1.94. The number of aryl methyl sites for hydroxylation is 1. The van der Waals surface area contributed by atoms with Crippen LogP contribution in [-0.2, 0) is 4.79 Å². The van der Waals surface area contributed by atoms with Gasteiger partial charge in [-0.25, -0.2) is 4.39 Å². The molecule has 0 amide bonds. The highest BCUT2D eigenvalue weighted by atomic mass is 19.1. The van der Waals surface area contributed by atoms with E-state index in [4.69, 9.17) is 0 Å². The van der Waals surface area contributed by atoms with E-state index in [-0.39, 0.29) is 11.6 Å². The average molecular weight is 204 g/mol. The smallest absolute Gasteiger partial charge is 0.155 e. The van der Waals surface area contributed by atoms with E-state index in [1.165, 1.54) is 12.1 Å². The molecule has 1 aliphatic carbocycles. The number of allylic oxidation sites excluding steroid dienone is 2. The van der Waals surface area contributed by atoms with E-state index < -0.39 is 0 Å². The van der Waals surface area contributed by atoms with Crippen molar-refractivity contribution in [1.82, 2.24) is 0 Å². The predicted octanol–water partition coefficient (Wildman–Crippen LogP) is 3.27. The molecule has 0 fully saturated rings. The maximum atomic E-state index is 13.1. The number of benzene rings is 1. The van der Waals surface area contributed by atoms with Crippen LogP contribution in [0.4, 0.5) is 4.39 Å². The number of carbonyl (C=O) groups is 1. The summed E-state index contributed by atoms with van der Waals surface area (Å²) in [6.45, 7) is 1.94. The van der Waals surface area contributed by atoms with E-state index >= 15 is 0 Å². The Labute approximate surface area is 88.6 Å². The van der Waals surface area contributed by atoms with Crippen LogP contribution in [0.1, 0.15) is 30.4 Å². The van der Waals surface area contributed by atoms with E-state index in [1.54, 1.807) is 12.1 Å². The maximum absolute atomic E-state index is 13.1. The van der Waals surface area contributed by atoms with Gasteiger partial charge in [-0.1, -0.05) is 6.07 Å². The van der Waals surface area contributed by atoms with Gasteiger partial charge in [-0.3, -0.25) is 4.79 Å². The molecule has 1 aliphatic rings. The maximum Gasteiger partial charge on any atom is 0.155 e. The molecular formula is C13H13FO. The Kier molecular flexibility index (Phi) is 2.67. The monoisotopic (exact) mass is 204 g/mol. The number of halogens is 1. The number of rotatable bonds is 1. The second-order valence-electron chi connectivity index (χ2n) is 3.95. The van der Waals surface area contributed by atoms with Gasteiger partial charge in [-0.15, -0.1) is 0 Å². The quantitative estimate of drug-likeness (QED) is 0.686. The number of ketones is 1. The summed E-state index contributed by atoms with van der Waals surface area (Å²) < 4.78 is 13.1. The molecule has 0 radical (unpaired) electrons. The van der Waals surface area contributed by atoms with Crippen molar-refractivity contribution in [3.8, 4) is 0 Å². The van der Waals surface area contributed by atoms with E-state index in [0.29, 0.717) is 6.42 Å². The third-order valence-corrected chi connectivity index (χ3v) is 2.75. The summed E-state index contributed by atoms with van der Waals surface area (Å²) in [4.78, 5) is 11.3. The lowest BCUT2D eigenvalue weighted by Crippen LogP contribution is -2.03. The van der Waals surface area contributed by atoms with Gasteiger partial charge in [0.2, 0.25) is 0 Å². The van der Waals surface area contributed by atoms with Gasteiger partial charge in [0.25, 0.3) is 0 Å². The van der Waals surface area contributed by atoms with Crippen molar-refractivity contribution in [2.75, 3.05) is 0 Å². The molecule has 0 unspecified atom stereocenters. The second kappa shape index (κ2) is 3.97. The van der Waals surface area contributed by atoms with E-state index in [2.05, 4.69) is 0 Å². The molecule has 1 aromatic rings. The Balaban J connectivity index is 2.44. The fraction of sp³-hybridized carbons (Fsp3) is 0.308. The van der Waals surface area contributed by atoms with Crippen LogP contribution in [0.5, 0.6) is 0 Å². The minimum atomic E-state index is -0.241. The van der Waals surface area contributed by atoms with E-state index in [0.717, 1.165) is 29.5 Å². The lowest BCUT2D eigenvalue weighted by molar-refractivity contribution is -0.114. The van der Waals surface area contributed by atoms with Gasteiger partial charge in [0.15, 0.2) is 5.78 Å². The van der Waals surface area contributed by atoms with E-state index in [1.807, 2.05) is 6.92 Å². The summed E-state index contributed by atoms with van der Waals surface area (Å²) in [6, 6.07) is 4.72. The first-order valence-corrected chi connectivity index (χ1v) is 5.17. The van der Waals surface area contributed by atoms with Crippen molar-refractivity contribution in [3.05, 3.63) is 41.2 Å². The van der Waals surface area contributed by atoms with Crippen LogP contribution in [0.15, 0.2) is 24.3 Å². The van der Waals surface area contributed by atoms with Gasteiger partial charge >= 0.3 is 0 Å². The molecule has 2 heteroatoms. The molecule has 2 rings (SSSR count). The third kappa shape index (κ3) is 2.14. The van der Waals surface area contributed by atoms with Crippen molar-refractivity contribution in [2.24, 2.45) is 0 Å². The van der Waals surface area contributed by atoms with Crippen LogP contribution in [0.25, 0.3) is 5.57 Å². The Morgan fingerprint density at radius 1 is 1.27 bits per heavy atom. The van der Waals surface area contributed by atoms with Gasteiger partial charge in [-0.05, 0) is 54.7 Å². The Hall–Kier alpha value is -1.44. The summed E-state index contributed by atoms with van der Waals surface area (Å²) in [6.07, 6.45) is 4.03. The second-order valence-corrected chi connectivity index (χ2v) is 3.95. The highest BCUT2D eigenvalue weighted by molar-refractivity contribution is 5.98. The average Bonchev–Trinajstić information content (AvgIpc) is 2.22. The molecular weight excluding hydrogens is 191 g/mol. The molecule has 0 saturated carbocycles. The summed E-state index contributed by atoms with van der Waals surface area (Å²) in [5, 5.41) is 0. The Morgan fingerprint density at radius 2 is 2.07 bits per heavy atom. The van der Waals surface area contributed by atoms with Gasteiger partial charge < -0.3 is 0 Å². The van der Waals surface area contributed by atoms with Crippen LogP contribution in [0, 0.1) is 12.7 Å². The van der Waals surface area contributed by atoms with Gasteiger partial charge in [0.05, 0.1) is 0 Å². The molecule has 1 aromatic carbocycles. The molecule has 0 heterocycles. The minimum Gasteiger partial charge on any atom is -0.295 e. The highest BCUT2D eigenvalue weighted by Gasteiger charge is 2.13. The molecule has 0 aromatic heterocycles. The summed E-state index contributed by atoms with van der Waals surface area (Å²) in [5.41, 5.74) is 2.88. The normalized spacial score (nSPS) is 16.4. The highest BCUT2D eigenvalue weighted by Crippen LogP contribution is 2.27. The van der Waals surface area contributed by atoms with Crippen molar-refractivity contribution < 1.29 is 9.18 Å². The van der Waals surface area contributed by atoms with Crippen LogP contribution in [-0.4, -0.2) is 5.78 Å². The summed E-state index contributed by atoms with van der Waals surface area (Å²) in [5.74, 6) is -0.0885. The van der Waals surface area contributed by atoms with Gasteiger partial charge in [0.1, 0.15) is 5.82 Å². The van der Waals surface area contributed by atoms with Crippen molar-refractivity contribution >= 4 is 11.4 Å². The largest absolute Gasteiger partial charge is 0.295 e. The van der Waals surface area contributed by atoms with E-state index in [9.17, 15) is 9.18 Å². The van der Waals surface area contributed by atoms with Crippen LogP contribution < -0.4 is 0 Å². The Morgan fingerprint density at radius 3 is 2.80 bits per heavy atom. The van der Waals surface area contributed by atoms with Crippen molar-refractivity contribution in [3.63, 3.8) is 0 Å². The van der Waals surface area contributed by atoms with Gasteiger partial charge in [0, 0.05) is 6.42 Å². The van der Waals surface area contributed by atoms with Crippen LogP contribution in [0.2, 0.25) is 0 Å². The molecule has 1 nitrogen and oxygen atoms in total. The minimum absolute atomic E-state index is 0.153. The summed E-state index contributed by atoms with van der Waals surface area (Å²) >= 11 is 0. The molecule has 0 aliphatic heterocycles. The first kappa shape index (κ1) is 10.1. The zero-order valence-electron chi connectivity index (χ0n) is 8.72. The number of hydrogen-bond acceptors (Lipinski definition) is 1. The first-order chi connectivity index (χ1) is 7.16. The SMILES string of the molecule is Cc1ccc(F)cc1C1=CC(=O)CCC1. The molecule has 78 valence electrons. The predicted molar refractivity (Wildman–Crippen MR) is 58.0 cm³/mol.